The molecule has 27 heteroatoms. The van der Waals surface area contributed by atoms with Gasteiger partial charge in [-0.25, -0.2) is 32.2 Å². The van der Waals surface area contributed by atoms with E-state index in [1.807, 2.05) is 0 Å². The lowest BCUT2D eigenvalue weighted by Gasteiger charge is -2.25. The third-order valence-electron chi connectivity index (χ3n) is 12.2. The highest BCUT2D eigenvalue weighted by Gasteiger charge is 2.50. The molecule has 5 atom stereocenters. The van der Waals surface area contributed by atoms with Crippen LogP contribution in [0, 0.1) is 52.8 Å². The molecule has 3 aromatic rings. The van der Waals surface area contributed by atoms with Crippen molar-refractivity contribution in [3.63, 3.8) is 0 Å². The maximum atomic E-state index is 13.7. The van der Waals surface area contributed by atoms with Crippen LogP contribution in [0.3, 0.4) is 0 Å². The van der Waals surface area contributed by atoms with Gasteiger partial charge in [0.05, 0.1) is 57.4 Å². The summed E-state index contributed by atoms with van der Waals surface area (Å²) in [5.41, 5.74) is 8.11. The van der Waals surface area contributed by atoms with E-state index in [2.05, 4.69) is 46.9 Å². The van der Waals surface area contributed by atoms with Gasteiger partial charge >= 0.3 is 24.2 Å². The van der Waals surface area contributed by atoms with Crippen LogP contribution in [0.5, 0.6) is 5.75 Å². The van der Waals surface area contributed by atoms with Gasteiger partial charge in [-0.1, -0.05) is 31.2 Å². The Bertz CT molecular complexity index is 2420. The average molecular weight is 1050 g/mol. The van der Waals surface area contributed by atoms with Crippen LogP contribution in [0.25, 0.3) is 0 Å². The van der Waals surface area contributed by atoms with Crippen LogP contribution in [0.4, 0.5) is 42.0 Å². The number of nitrogens with one attached hydrogen (secondary N) is 6. The number of aromatic nitrogens is 3. The number of amides is 7. The van der Waals surface area contributed by atoms with Crippen LogP contribution in [0.1, 0.15) is 69.3 Å². The summed E-state index contributed by atoms with van der Waals surface area (Å²) in [5, 5.41) is 24.3. The number of aryl methyl sites for hydroxylation is 1. The summed E-state index contributed by atoms with van der Waals surface area (Å²) >= 11 is 0. The number of ether oxygens (including phenoxy) is 5. The Kier molecular flexibility index (Phi) is 22.1. The molecule has 0 aliphatic heterocycles. The van der Waals surface area contributed by atoms with Gasteiger partial charge in [-0.05, 0) is 79.9 Å². The predicted octanol–water partition coefficient (Wildman–Crippen LogP) is 3.43. The fraction of sp³-hybridized carbons (Fsp3) is 0.553. The first-order valence-corrected chi connectivity index (χ1v) is 23.9. The first-order valence-electron chi connectivity index (χ1n) is 23.9. The van der Waals surface area contributed by atoms with Crippen LogP contribution in [0.2, 0.25) is 0 Å². The zero-order valence-electron chi connectivity index (χ0n) is 41.0. The molecule has 0 bridgehead atoms. The van der Waals surface area contributed by atoms with Crippen molar-refractivity contribution in [3.05, 3.63) is 70.3 Å². The molecule has 406 valence electrons. The number of hydrogen-bond donors (Lipinski definition) is 7. The summed E-state index contributed by atoms with van der Waals surface area (Å²) in [6, 6.07) is 3.77. The number of anilines is 1. The van der Waals surface area contributed by atoms with Gasteiger partial charge in [0, 0.05) is 32.2 Å². The van der Waals surface area contributed by atoms with Crippen molar-refractivity contribution in [2.45, 2.75) is 90.4 Å². The first kappa shape index (κ1) is 57.7. The van der Waals surface area contributed by atoms with Gasteiger partial charge in [0.2, 0.25) is 52.6 Å². The van der Waals surface area contributed by atoms with E-state index in [1.54, 1.807) is 42.8 Å². The molecule has 8 N–H and O–H groups in total. The Morgan fingerprint density at radius 2 is 1.43 bits per heavy atom. The molecule has 2 aromatic carbocycles. The summed E-state index contributed by atoms with van der Waals surface area (Å²) in [4.78, 5) is 86.9. The number of fused-ring (bicyclic) bond motifs is 2. The number of halogens is 5. The molecular weight excluding hydrogens is 992 g/mol. The molecule has 1 aromatic heterocycles. The molecule has 1 fully saturated rings. The lowest BCUT2D eigenvalue weighted by atomic mass is 10.0. The topological polar surface area (TPSA) is 295 Å². The normalized spacial score (nSPS) is 16.5. The number of nitrogens with zero attached hydrogens (tertiary/aromatic N) is 3. The number of carbonyl (C=O) groups excluding carboxylic acids is 7. The van der Waals surface area contributed by atoms with Crippen LogP contribution < -0.4 is 42.4 Å². The summed E-state index contributed by atoms with van der Waals surface area (Å²) < 4.78 is 94.9. The minimum absolute atomic E-state index is 0.0128. The Morgan fingerprint density at radius 3 is 2.11 bits per heavy atom. The molecule has 2 aliphatic rings. The van der Waals surface area contributed by atoms with Crippen LogP contribution in [-0.2, 0) is 64.1 Å². The lowest BCUT2D eigenvalue weighted by molar-refractivity contribution is -0.136. The Hall–Kier alpha value is -7.16. The number of nitrogens with two attached hydrogens (primary N) is 1. The highest BCUT2D eigenvalue weighted by Crippen LogP contribution is 2.53. The van der Waals surface area contributed by atoms with Crippen LogP contribution >= 0.6 is 0 Å². The van der Waals surface area contributed by atoms with Gasteiger partial charge in [0.25, 0.3) is 0 Å². The van der Waals surface area contributed by atoms with Crippen LogP contribution in [-0.4, -0.2) is 122 Å². The molecule has 7 amide bonds. The van der Waals surface area contributed by atoms with Crippen molar-refractivity contribution >= 4 is 47.6 Å². The fourth-order valence-corrected chi connectivity index (χ4v) is 8.18. The number of benzene rings is 2. The minimum atomic E-state index is -2.39. The lowest BCUT2D eigenvalue weighted by Crippen LogP contribution is -2.54. The number of urea groups is 1. The SMILES string of the molecule is CNC(=O)OCc1ccc(NC(=O)[C@H](CCCNC(N)=O)NC(=O)[C@@H](NC(=O)CCOCCn2nnc3c2CCC2C(CC3)C2COC(=O)NCCOCCC(=O)Oc2c(F)c(F)c(F)c(F)c2F)C(C)C)cc1. The molecule has 2 aliphatic carbocycles. The summed E-state index contributed by atoms with van der Waals surface area (Å²) in [6.45, 7) is 4.07. The van der Waals surface area contributed by atoms with Gasteiger partial charge in [0.15, 0.2) is 0 Å². The number of esters is 1. The highest BCUT2D eigenvalue weighted by atomic mass is 19.2. The standard InChI is InChI=1S/C47H61F5N10O12/c1-25(2)41(44(66)58-32(5-4-16-55-45(53)67)43(65)57-27-8-6-26(7-9-27)23-72-46(68)54-3)59-34(63)14-19-71-22-18-62-33-13-11-29-28(10-12-31(33)60-61-62)30(29)24-73-47(69)56-17-21-70-20-15-35(64)74-42-39(51)37(49)36(48)38(50)40(42)52/h6-9,25,28-30,32,41H,4-5,10-24H2,1-3H3,(H,54,68)(H,56,69)(H,57,65)(H,58,66)(H,59,63)(H3,53,55,67)/t28?,29?,30?,32-,41-/m0/s1. The summed E-state index contributed by atoms with van der Waals surface area (Å²) in [5.74, 6) is -15.6. The quantitative estimate of drug-likeness (QED) is 0.0144. The molecular formula is C47H61F5N10O12. The molecule has 3 unspecified atom stereocenters. The Morgan fingerprint density at radius 1 is 0.770 bits per heavy atom. The zero-order valence-corrected chi connectivity index (χ0v) is 41.0. The number of alkyl carbamates (subject to hydrolysis) is 2. The van der Waals surface area contributed by atoms with Gasteiger partial charge in [-0.3, -0.25) is 19.2 Å². The zero-order chi connectivity index (χ0) is 53.9. The predicted molar refractivity (Wildman–Crippen MR) is 249 cm³/mol. The monoisotopic (exact) mass is 1050 g/mol. The van der Waals surface area contributed by atoms with Gasteiger partial charge in [0.1, 0.15) is 18.7 Å². The second kappa shape index (κ2) is 28.3. The Labute approximate surface area is 422 Å². The van der Waals surface area contributed by atoms with Gasteiger partial charge < -0.3 is 61.3 Å². The maximum absolute atomic E-state index is 13.7. The molecule has 1 heterocycles. The van der Waals surface area contributed by atoms with Crippen molar-refractivity contribution in [2.24, 2.45) is 29.4 Å². The van der Waals surface area contributed by atoms with E-state index in [4.69, 9.17) is 24.7 Å². The van der Waals surface area contributed by atoms with E-state index in [0.717, 1.165) is 24.2 Å². The van der Waals surface area contributed by atoms with E-state index in [1.165, 1.54) is 7.05 Å². The van der Waals surface area contributed by atoms with E-state index < -0.39 is 95.2 Å². The van der Waals surface area contributed by atoms with Crippen LogP contribution in [0.15, 0.2) is 24.3 Å². The molecule has 22 nitrogen and oxygen atoms in total. The van der Waals surface area contributed by atoms with Crippen molar-refractivity contribution in [1.82, 2.24) is 41.6 Å². The Balaban J connectivity index is 0.971. The van der Waals surface area contributed by atoms with E-state index in [9.17, 15) is 55.5 Å². The van der Waals surface area contributed by atoms with Gasteiger partial charge in [-0.15, -0.1) is 5.10 Å². The van der Waals surface area contributed by atoms with E-state index >= 15 is 0 Å². The third-order valence-corrected chi connectivity index (χ3v) is 12.2. The largest absolute Gasteiger partial charge is 0.449 e. The van der Waals surface area contributed by atoms with E-state index in [-0.39, 0.29) is 77.4 Å². The smallest absolute Gasteiger partial charge is 0.407 e. The average Bonchev–Trinajstić information content (AvgIpc) is 3.88. The van der Waals surface area contributed by atoms with E-state index in [0.29, 0.717) is 48.9 Å². The van der Waals surface area contributed by atoms with Crippen molar-refractivity contribution in [1.29, 1.82) is 0 Å². The number of primary amides is 1. The van der Waals surface area contributed by atoms with Crippen molar-refractivity contribution < 1.29 is 79.2 Å². The summed E-state index contributed by atoms with van der Waals surface area (Å²) in [6.07, 6.45) is 1.52. The van der Waals surface area contributed by atoms with Crippen molar-refractivity contribution in [3.8, 4) is 5.75 Å². The molecule has 0 saturated heterocycles. The highest BCUT2D eigenvalue weighted by molar-refractivity contribution is 5.98. The second-order valence-corrected chi connectivity index (χ2v) is 17.7. The summed E-state index contributed by atoms with van der Waals surface area (Å²) in [7, 11) is 1.44. The minimum Gasteiger partial charge on any atom is -0.449 e. The third kappa shape index (κ3) is 17.2. The molecule has 0 radical (unpaired) electrons. The molecule has 0 spiro atoms. The maximum Gasteiger partial charge on any atom is 0.407 e. The first-order chi connectivity index (χ1) is 35.4. The number of carbonyl (C=O) groups is 7. The van der Waals surface area contributed by atoms with Crippen molar-refractivity contribution in [2.75, 3.05) is 58.5 Å². The second-order valence-electron chi connectivity index (χ2n) is 17.7. The fourth-order valence-electron chi connectivity index (χ4n) is 8.18. The number of hydrogen-bond acceptors (Lipinski definition) is 14. The molecule has 74 heavy (non-hydrogen) atoms. The number of rotatable bonds is 27. The van der Waals surface area contributed by atoms with Gasteiger partial charge in [-0.2, -0.15) is 8.78 Å². The molecule has 1 saturated carbocycles. The molecule has 5 rings (SSSR count).